The van der Waals surface area contributed by atoms with Gasteiger partial charge < -0.3 is 17.0 Å². The van der Waals surface area contributed by atoms with Crippen LogP contribution in [0.5, 0.6) is 0 Å². The van der Waals surface area contributed by atoms with Gasteiger partial charge in [-0.3, -0.25) is 9.11 Å². The summed E-state index contributed by atoms with van der Waals surface area (Å²) in [6.07, 6.45) is 0. The number of carbonyl (C=O) groups is 1. The number of carbonyl (C=O) groups excluding carboxylic acids is 1. The van der Waals surface area contributed by atoms with Gasteiger partial charge in [0.25, 0.3) is 9.05 Å². The third-order valence-electron chi connectivity index (χ3n) is 1.42. The van der Waals surface area contributed by atoms with Gasteiger partial charge in [-0.05, 0) is 18.6 Å². The molecule has 0 spiro atoms. The fraction of sp³-hybridized carbons (Fsp3) is 0.111. The van der Waals surface area contributed by atoms with Gasteiger partial charge in [-0.1, -0.05) is 18.2 Å². The molecule has 0 aliphatic rings. The van der Waals surface area contributed by atoms with Crippen LogP contribution >= 0.6 is 0 Å². The first-order chi connectivity index (χ1) is 7.20. The van der Waals surface area contributed by atoms with Gasteiger partial charge in [0.2, 0.25) is 0 Å². The molecule has 8 heteroatoms. The fourth-order valence-corrected chi connectivity index (χ4v) is 0.863. The molecule has 0 saturated carbocycles. The minimum atomic E-state index is -3.83. The quantitative estimate of drug-likeness (QED) is 0.430. The first-order valence-electron chi connectivity index (χ1n) is 4.08. The van der Waals surface area contributed by atoms with E-state index in [-0.39, 0.29) is 35.5 Å². The van der Waals surface area contributed by atoms with Crippen molar-refractivity contribution >= 4 is 31.8 Å². The molecule has 3 N–H and O–H groups in total. The Kier molecular flexibility index (Phi) is 10.0. The number of nitrogens with one attached hydrogen (secondary N) is 1. The average Bonchev–Trinajstić information content (AvgIpc) is 2.05. The van der Waals surface area contributed by atoms with E-state index in [1.807, 2.05) is 31.2 Å². The van der Waals surface area contributed by atoms with Crippen molar-refractivity contribution in [3.8, 4) is 0 Å². The van der Waals surface area contributed by atoms with Gasteiger partial charge in [0.05, 0.1) is 5.91 Å². The van der Waals surface area contributed by atoms with E-state index in [2.05, 4.69) is 23.4 Å². The molecule has 1 rings (SSSR count). The largest absolute Gasteiger partial charge is 1.00 e. The molecule has 0 aliphatic carbocycles. The standard InChI is InChI=1S/C9H10NO.Na.H2O3S2/c1-7-5-3-4-6-9(7)10-8(2)11;;1-5(2,3)4/h3-6H,2H2,1H3,(H,10,11);;(H2,1,2,3,4)/q-1;+1;. The first-order valence-corrected chi connectivity index (χ1v) is 6.48. The Bertz CT molecular complexity index is 454. The summed E-state index contributed by atoms with van der Waals surface area (Å²) in [4.78, 5) is 10.5. The second-order valence-electron chi connectivity index (χ2n) is 2.81. The zero-order valence-corrected chi connectivity index (χ0v) is 13.2. The van der Waals surface area contributed by atoms with Gasteiger partial charge in [-0.25, -0.2) is 0 Å². The van der Waals surface area contributed by atoms with E-state index in [4.69, 9.17) is 13.3 Å². The summed E-state index contributed by atoms with van der Waals surface area (Å²) >= 11 is 3.47. The average molecular weight is 285 g/mol. The minimum Gasteiger partial charge on any atom is -0.351 e. The van der Waals surface area contributed by atoms with Crippen LogP contribution in [-0.2, 0) is 25.0 Å². The molecular formula is C9H12NNaO4S2. The molecule has 0 saturated heterocycles. The number of para-hydroxylation sites is 1. The third-order valence-corrected chi connectivity index (χ3v) is 1.42. The van der Waals surface area contributed by atoms with Crippen LogP contribution in [-0.4, -0.2) is 19.2 Å². The Morgan fingerprint density at radius 2 is 1.82 bits per heavy atom. The van der Waals surface area contributed by atoms with Crippen molar-refractivity contribution in [1.29, 1.82) is 0 Å². The first kappa shape index (κ1) is 19.2. The normalized spacial score (nSPS) is 9.35. The Morgan fingerprint density at radius 3 is 2.18 bits per heavy atom. The summed E-state index contributed by atoms with van der Waals surface area (Å²) in [5.41, 5.74) is 1.87. The van der Waals surface area contributed by atoms with Crippen molar-refractivity contribution in [1.82, 2.24) is 0 Å². The maximum absolute atomic E-state index is 10.5. The molecule has 0 atom stereocenters. The second-order valence-corrected chi connectivity index (χ2v) is 5.01. The van der Waals surface area contributed by atoms with Crippen LogP contribution in [0.25, 0.3) is 0 Å². The molecule has 1 aromatic rings. The van der Waals surface area contributed by atoms with E-state index in [1.54, 1.807) is 0 Å². The molecule has 1 amide bonds. The van der Waals surface area contributed by atoms with E-state index in [9.17, 15) is 4.79 Å². The molecule has 1 aromatic carbocycles. The van der Waals surface area contributed by atoms with Crippen LogP contribution in [0.2, 0.25) is 0 Å². The summed E-state index contributed by atoms with van der Waals surface area (Å²) in [6.45, 7) is 5.16. The number of aryl methyl sites for hydroxylation is 1. The van der Waals surface area contributed by atoms with Crippen LogP contribution in [0, 0.1) is 13.8 Å². The fourth-order valence-electron chi connectivity index (χ4n) is 0.863. The smallest absolute Gasteiger partial charge is 0.351 e. The van der Waals surface area contributed by atoms with E-state index < -0.39 is 9.05 Å². The van der Waals surface area contributed by atoms with Crippen LogP contribution in [0.1, 0.15) is 5.56 Å². The van der Waals surface area contributed by atoms with Crippen molar-refractivity contribution in [3.63, 3.8) is 0 Å². The van der Waals surface area contributed by atoms with Crippen molar-refractivity contribution < 1.29 is 47.7 Å². The predicted molar refractivity (Wildman–Crippen MR) is 65.9 cm³/mol. The van der Waals surface area contributed by atoms with Crippen LogP contribution in [0.3, 0.4) is 0 Å². The van der Waals surface area contributed by atoms with Crippen molar-refractivity contribution in [2.45, 2.75) is 6.92 Å². The Balaban J connectivity index is 0. The number of amides is 1. The van der Waals surface area contributed by atoms with Crippen LogP contribution in [0.4, 0.5) is 5.69 Å². The molecular weight excluding hydrogens is 273 g/mol. The topological polar surface area (TPSA) is 86.6 Å². The summed E-state index contributed by atoms with van der Waals surface area (Å²) in [5, 5.41) is 2.62. The predicted octanol–water partition coefficient (Wildman–Crippen LogP) is -1.55. The molecule has 90 valence electrons. The van der Waals surface area contributed by atoms with Crippen LogP contribution < -0.4 is 34.9 Å². The number of hydrogen-bond donors (Lipinski definition) is 3. The van der Waals surface area contributed by atoms with E-state index in [0.717, 1.165) is 11.3 Å². The molecule has 0 fully saturated rings. The Hall–Kier alpha value is -0.150. The van der Waals surface area contributed by atoms with Gasteiger partial charge in [0.15, 0.2) is 0 Å². The van der Waals surface area contributed by atoms with Crippen molar-refractivity contribution in [2.75, 3.05) is 5.32 Å². The van der Waals surface area contributed by atoms with Gasteiger partial charge in [-0.2, -0.15) is 4.21 Å². The van der Waals surface area contributed by atoms with Gasteiger partial charge >= 0.3 is 29.6 Å². The Morgan fingerprint density at radius 1 is 1.41 bits per heavy atom. The second kappa shape index (κ2) is 8.87. The zero-order chi connectivity index (χ0) is 12.8. The Labute approximate surface area is 128 Å². The van der Waals surface area contributed by atoms with E-state index >= 15 is 0 Å². The van der Waals surface area contributed by atoms with E-state index in [0.29, 0.717) is 0 Å². The SMILES string of the molecule is O=S(O)(O)=S.[CH2-]C(=O)Nc1ccccc1C.[Na+]. The van der Waals surface area contributed by atoms with Gasteiger partial charge in [0, 0.05) is 16.9 Å². The maximum atomic E-state index is 10.5. The van der Waals surface area contributed by atoms with Crippen molar-refractivity contribution in [2.24, 2.45) is 0 Å². The van der Waals surface area contributed by atoms with Gasteiger partial charge in [-0.15, -0.1) is 0 Å². The number of rotatable bonds is 1. The van der Waals surface area contributed by atoms with Gasteiger partial charge in [0.1, 0.15) is 0 Å². The molecule has 5 nitrogen and oxygen atoms in total. The summed E-state index contributed by atoms with van der Waals surface area (Å²) in [6, 6.07) is 7.58. The third kappa shape index (κ3) is 13.8. The zero-order valence-electron chi connectivity index (χ0n) is 9.54. The number of benzene rings is 1. The number of hydrogen-bond acceptors (Lipinski definition) is 3. The molecule has 0 aromatic heterocycles. The maximum Gasteiger partial charge on any atom is 1.00 e. The molecule has 0 bridgehead atoms. The van der Waals surface area contributed by atoms with Crippen molar-refractivity contribution in [3.05, 3.63) is 36.8 Å². The molecule has 0 unspecified atom stereocenters. The summed E-state index contributed by atoms with van der Waals surface area (Å²) in [7, 11) is -3.83. The monoisotopic (exact) mass is 285 g/mol. The molecule has 0 radical (unpaired) electrons. The molecule has 17 heavy (non-hydrogen) atoms. The van der Waals surface area contributed by atoms with Crippen LogP contribution in [0.15, 0.2) is 24.3 Å². The summed E-state index contributed by atoms with van der Waals surface area (Å²) in [5.74, 6) is -0.278. The number of anilines is 1. The minimum absolute atomic E-state index is 0. The van der Waals surface area contributed by atoms with E-state index in [1.165, 1.54) is 0 Å². The molecule has 0 aliphatic heterocycles. The summed E-state index contributed by atoms with van der Waals surface area (Å²) < 4.78 is 24.0. The molecule has 0 heterocycles.